The van der Waals surface area contributed by atoms with Crippen LogP contribution in [-0.4, -0.2) is 22.5 Å². The van der Waals surface area contributed by atoms with Gasteiger partial charge in [-0.1, -0.05) is 17.7 Å². The Kier molecular flexibility index (Phi) is 4.39. The average molecular weight is 262 g/mol. The summed E-state index contributed by atoms with van der Waals surface area (Å²) in [5.74, 6) is -3.04. The highest BCUT2D eigenvalue weighted by atomic mass is 35.5. The Hall–Kier alpha value is -1.69. The van der Waals surface area contributed by atoms with Crippen LogP contribution in [0.4, 0.5) is 4.39 Å². The molecule has 0 aliphatic carbocycles. The Morgan fingerprint density at radius 3 is 2.71 bits per heavy atom. The van der Waals surface area contributed by atoms with E-state index in [1.54, 1.807) is 0 Å². The van der Waals surface area contributed by atoms with Gasteiger partial charge < -0.3 is 5.11 Å². The number of carboxylic acids is 1. The van der Waals surface area contributed by atoms with E-state index in [2.05, 4.69) is 0 Å². The van der Waals surface area contributed by atoms with Crippen molar-refractivity contribution in [1.82, 2.24) is 0 Å². The lowest BCUT2D eigenvalue weighted by Crippen LogP contribution is -2.17. The molecule has 0 bridgehead atoms. The summed E-state index contributed by atoms with van der Waals surface area (Å²) in [4.78, 5) is 20.3. The molecule has 0 amide bonds. The number of hydrogen-bond acceptors (Lipinski definition) is 3. The monoisotopic (exact) mass is 261 g/mol. The van der Waals surface area contributed by atoms with Crippen molar-refractivity contribution in [3.63, 3.8) is 0 Å². The summed E-state index contributed by atoms with van der Waals surface area (Å²) in [6.07, 6.45) is -0.540. The zero-order valence-electron chi connectivity index (χ0n) is 8.60. The minimum atomic E-state index is -1.24. The molecule has 0 heterocycles. The second kappa shape index (κ2) is 5.58. The summed E-state index contributed by atoms with van der Waals surface area (Å²) in [6.45, 7) is -0.674. The number of halogens is 2. The SMILES string of the molecule is O=C(O)CC(C[N+](=O)[O-])c1c(F)cccc1Cl. The molecule has 1 aromatic carbocycles. The van der Waals surface area contributed by atoms with Gasteiger partial charge in [-0.15, -0.1) is 0 Å². The number of carboxylic acid groups (broad SMARTS) is 1. The first-order valence-electron chi connectivity index (χ1n) is 4.69. The summed E-state index contributed by atoms with van der Waals surface area (Å²) >= 11 is 5.74. The number of aliphatic carboxylic acids is 1. The van der Waals surface area contributed by atoms with Crippen LogP contribution in [0.15, 0.2) is 18.2 Å². The van der Waals surface area contributed by atoms with Crippen molar-refractivity contribution >= 4 is 17.6 Å². The molecule has 0 saturated heterocycles. The number of rotatable bonds is 5. The Labute approximate surface area is 101 Å². The summed E-state index contributed by atoms with van der Waals surface area (Å²) in [5, 5.41) is 19.1. The minimum Gasteiger partial charge on any atom is -0.481 e. The molecule has 0 aromatic heterocycles. The average Bonchev–Trinajstić information content (AvgIpc) is 2.14. The molecule has 1 unspecified atom stereocenters. The van der Waals surface area contributed by atoms with Crippen LogP contribution >= 0.6 is 11.6 Å². The summed E-state index contributed by atoms with van der Waals surface area (Å²) < 4.78 is 13.5. The van der Waals surface area contributed by atoms with Crippen LogP contribution in [0.2, 0.25) is 5.02 Å². The molecule has 17 heavy (non-hydrogen) atoms. The largest absolute Gasteiger partial charge is 0.481 e. The number of hydrogen-bond donors (Lipinski definition) is 1. The van der Waals surface area contributed by atoms with E-state index in [1.807, 2.05) is 0 Å². The fourth-order valence-electron chi connectivity index (χ4n) is 1.55. The van der Waals surface area contributed by atoms with Gasteiger partial charge in [0.1, 0.15) is 5.82 Å². The minimum absolute atomic E-state index is 0.00176. The lowest BCUT2D eigenvalue weighted by atomic mass is 9.95. The lowest BCUT2D eigenvalue weighted by Gasteiger charge is -2.13. The lowest BCUT2D eigenvalue weighted by molar-refractivity contribution is -0.483. The molecule has 1 rings (SSSR count). The zero-order valence-corrected chi connectivity index (χ0v) is 9.35. The van der Waals surface area contributed by atoms with Crippen molar-refractivity contribution in [2.24, 2.45) is 0 Å². The zero-order chi connectivity index (χ0) is 13.0. The molecule has 0 saturated carbocycles. The number of nitro groups is 1. The number of carbonyl (C=O) groups is 1. The highest BCUT2D eigenvalue weighted by Crippen LogP contribution is 2.29. The molecule has 92 valence electrons. The van der Waals surface area contributed by atoms with Gasteiger partial charge in [0, 0.05) is 15.5 Å². The maximum absolute atomic E-state index is 13.5. The summed E-state index contributed by atoms with van der Waals surface area (Å²) in [7, 11) is 0. The second-order valence-electron chi connectivity index (χ2n) is 3.45. The third kappa shape index (κ3) is 3.67. The fraction of sp³-hybridized carbons (Fsp3) is 0.300. The van der Waals surface area contributed by atoms with Crippen molar-refractivity contribution < 1.29 is 19.2 Å². The maximum Gasteiger partial charge on any atom is 0.304 e. The first kappa shape index (κ1) is 13.4. The van der Waals surface area contributed by atoms with Crippen LogP contribution in [-0.2, 0) is 4.79 Å². The predicted octanol–water partition coefficient (Wildman–Crippen LogP) is 2.31. The van der Waals surface area contributed by atoms with Gasteiger partial charge in [-0.3, -0.25) is 14.9 Å². The van der Waals surface area contributed by atoms with Crippen molar-refractivity contribution in [3.8, 4) is 0 Å². The highest BCUT2D eigenvalue weighted by molar-refractivity contribution is 6.31. The van der Waals surface area contributed by atoms with Crippen molar-refractivity contribution in [1.29, 1.82) is 0 Å². The van der Waals surface area contributed by atoms with E-state index < -0.39 is 35.6 Å². The van der Waals surface area contributed by atoms with E-state index in [-0.39, 0.29) is 10.6 Å². The van der Waals surface area contributed by atoms with Gasteiger partial charge in [0.15, 0.2) is 0 Å². The summed E-state index contributed by atoms with van der Waals surface area (Å²) in [6, 6.07) is 3.82. The van der Waals surface area contributed by atoms with Crippen LogP contribution < -0.4 is 0 Å². The van der Waals surface area contributed by atoms with E-state index in [4.69, 9.17) is 16.7 Å². The van der Waals surface area contributed by atoms with E-state index in [0.717, 1.165) is 6.07 Å². The molecule has 5 nitrogen and oxygen atoms in total. The van der Waals surface area contributed by atoms with Crippen LogP contribution in [0.1, 0.15) is 17.9 Å². The smallest absolute Gasteiger partial charge is 0.304 e. The quantitative estimate of drug-likeness (QED) is 0.651. The Balaban J connectivity index is 3.11. The molecule has 1 aromatic rings. The van der Waals surface area contributed by atoms with Crippen molar-refractivity contribution in [2.75, 3.05) is 6.54 Å². The molecular formula is C10H9ClFNO4. The molecule has 0 radical (unpaired) electrons. The number of nitrogens with zero attached hydrogens (tertiary/aromatic N) is 1. The molecule has 0 fully saturated rings. The first-order valence-corrected chi connectivity index (χ1v) is 5.07. The third-order valence-electron chi connectivity index (χ3n) is 2.20. The second-order valence-corrected chi connectivity index (χ2v) is 3.85. The molecule has 1 N–H and O–H groups in total. The van der Waals surface area contributed by atoms with E-state index in [0.29, 0.717) is 0 Å². The third-order valence-corrected chi connectivity index (χ3v) is 2.53. The van der Waals surface area contributed by atoms with E-state index >= 15 is 0 Å². The van der Waals surface area contributed by atoms with Crippen LogP contribution in [0.3, 0.4) is 0 Å². The van der Waals surface area contributed by atoms with Crippen molar-refractivity contribution in [3.05, 3.63) is 44.7 Å². The molecule has 1 atom stereocenters. The fourth-order valence-corrected chi connectivity index (χ4v) is 1.87. The normalized spacial score (nSPS) is 12.1. The van der Waals surface area contributed by atoms with Gasteiger partial charge >= 0.3 is 5.97 Å². The van der Waals surface area contributed by atoms with Gasteiger partial charge in [0.05, 0.1) is 12.3 Å². The maximum atomic E-state index is 13.5. The Morgan fingerprint density at radius 1 is 1.59 bits per heavy atom. The van der Waals surface area contributed by atoms with E-state index in [9.17, 15) is 19.3 Å². The first-order chi connectivity index (χ1) is 7.91. The van der Waals surface area contributed by atoms with E-state index in [1.165, 1.54) is 12.1 Å². The standard InChI is InChI=1S/C10H9ClFNO4/c11-7-2-1-3-8(12)10(7)6(4-9(14)15)5-13(16)17/h1-3,6H,4-5H2,(H,14,15). The topological polar surface area (TPSA) is 80.4 Å². The molecule has 0 aliphatic rings. The van der Waals surface area contributed by atoms with Gasteiger partial charge in [0.2, 0.25) is 6.54 Å². The molecule has 0 spiro atoms. The van der Waals surface area contributed by atoms with Crippen LogP contribution in [0.5, 0.6) is 0 Å². The van der Waals surface area contributed by atoms with Gasteiger partial charge in [-0.2, -0.15) is 0 Å². The summed E-state index contributed by atoms with van der Waals surface area (Å²) in [5.41, 5.74) is -0.117. The Morgan fingerprint density at radius 2 is 2.24 bits per heavy atom. The van der Waals surface area contributed by atoms with Crippen molar-refractivity contribution in [2.45, 2.75) is 12.3 Å². The molecular weight excluding hydrogens is 253 g/mol. The molecule has 7 heteroatoms. The van der Waals surface area contributed by atoms with Gasteiger partial charge in [-0.25, -0.2) is 4.39 Å². The van der Waals surface area contributed by atoms with Crippen LogP contribution in [0, 0.1) is 15.9 Å². The number of benzene rings is 1. The Bertz CT molecular complexity index is 416. The highest BCUT2D eigenvalue weighted by Gasteiger charge is 2.26. The van der Waals surface area contributed by atoms with Gasteiger partial charge in [-0.05, 0) is 12.1 Å². The molecule has 0 aliphatic heterocycles. The van der Waals surface area contributed by atoms with Crippen LogP contribution in [0.25, 0.3) is 0 Å². The van der Waals surface area contributed by atoms with Gasteiger partial charge in [0.25, 0.3) is 0 Å². The predicted molar refractivity (Wildman–Crippen MR) is 58.3 cm³/mol.